The lowest BCUT2D eigenvalue weighted by atomic mass is 10.1. The average Bonchev–Trinajstić information content (AvgIpc) is 3.13. The molecule has 140 valence electrons. The number of ether oxygens (including phenoxy) is 2. The number of esters is 1. The summed E-state index contributed by atoms with van der Waals surface area (Å²) >= 11 is 1.55. The van der Waals surface area contributed by atoms with Crippen molar-refractivity contribution in [1.29, 1.82) is 0 Å². The molecule has 3 rings (SSSR count). The minimum absolute atomic E-state index is 0.264. The number of nitrogens with one attached hydrogen (secondary N) is 2. The fraction of sp³-hybridized carbons (Fsp3) is 0.211. The van der Waals surface area contributed by atoms with Crippen LogP contribution in [0.15, 0.2) is 42.5 Å². The van der Waals surface area contributed by atoms with Crippen LogP contribution in [0.5, 0.6) is 5.75 Å². The quantitative estimate of drug-likeness (QED) is 0.637. The molecule has 2 amide bonds. The Balaban J connectivity index is 1.56. The van der Waals surface area contributed by atoms with Gasteiger partial charge in [0.25, 0.3) is 0 Å². The molecule has 1 heterocycles. The smallest absolute Gasteiger partial charge is 0.341 e. The molecule has 1 aromatic heterocycles. The first kappa shape index (κ1) is 18.7. The number of carbonyl (C=O) groups excluding carboxylic acids is 2. The van der Waals surface area contributed by atoms with E-state index in [1.165, 1.54) is 14.2 Å². The van der Waals surface area contributed by atoms with Crippen molar-refractivity contribution >= 4 is 33.6 Å². The molecule has 27 heavy (non-hydrogen) atoms. The van der Waals surface area contributed by atoms with Crippen LogP contribution in [0.3, 0.4) is 0 Å². The van der Waals surface area contributed by atoms with Crippen LogP contribution < -0.4 is 15.4 Å². The highest BCUT2D eigenvalue weighted by Gasteiger charge is 2.14. The molecule has 0 fully saturated rings. The highest BCUT2D eigenvalue weighted by Crippen LogP contribution is 2.22. The van der Waals surface area contributed by atoms with E-state index in [1.807, 2.05) is 24.3 Å². The van der Waals surface area contributed by atoms with Crippen LogP contribution in [-0.4, -0.2) is 31.2 Å². The van der Waals surface area contributed by atoms with Crippen molar-refractivity contribution in [3.8, 4) is 5.75 Å². The summed E-state index contributed by atoms with van der Waals surface area (Å²) < 4.78 is 11.0. The van der Waals surface area contributed by atoms with E-state index in [0.29, 0.717) is 17.9 Å². The number of methoxy groups -OCH3 is 2. The number of urea groups is 1. The predicted molar refractivity (Wildman–Crippen MR) is 103 cm³/mol. The molecule has 0 aliphatic heterocycles. The van der Waals surface area contributed by atoms with Crippen molar-refractivity contribution in [2.45, 2.75) is 13.1 Å². The maximum atomic E-state index is 12.0. The molecule has 0 spiro atoms. The summed E-state index contributed by atoms with van der Waals surface area (Å²) in [5, 5.41) is 6.38. The van der Waals surface area contributed by atoms with Crippen LogP contribution >= 0.6 is 11.3 Å². The second-order valence-corrected chi connectivity index (χ2v) is 6.75. The van der Waals surface area contributed by atoms with Gasteiger partial charge in [0.1, 0.15) is 16.3 Å². The second-order valence-electron chi connectivity index (χ2n) is 5.64. The lowest BCUT2D eigenvalue weighted by Gasteiger charge is -2.10. The summed E-state index contributed by atoms with van der Waals surface area (Å²) in [6, 6.07) is 12.6. The Labute approximate surface area is 160 Å². The average molecular weight is 385 g/mol. The van der Waals surface area contributed by atoms with Gasteiger partial charge in [0, 0.05) is 6.54 Å². The molecule has 0 aliphatic carbocycles. The van der Waals surface area contributed by atoms with Crippen molar-refractivity contribution in [1.82, 2.24) is 15.6 Å². The van der Waals surface area contributed by atoms with Crippen LogP contribution in [0, 0.1) is 0 Å². The van der Waals surface area contributed by atoms with Crippen LogP contribution in [0.2, 0.25) is 0 Å². The van der Waals surface area contributed by atoms with E-state index in [2.05, 4.69) is 15.6 Å². The zero-order valence-electron chi connectivity index (χ0n) is 14.9. The Bertz CT molecular complexity index is 937. The fourth-order valence-electron chi connectivity index (χ4n) is 2.53. The lowest BCUT2D eigenvalue weighted by Crippen LogP contribution is -2.34. The number of hydrogen-bond donors (Lipinski definition) is 2. The van der Waals surface area contributed by atoms with E-state index in [0.717, 1.165) is 20.8 Å². The highest BCUT2D eigenvalue weighted by molar-refractivity contribution is 7.18. The van der Waals surface area contributed by atoms with Crippen molar-refractivity contribution in [3.05, 3.63) is 58.6 Å². The van der Waals surface area contributed by atoms with E-state index in [1.54, 1.807) is 29.5 Å². The molecule has 2 N–H and O–H groups in total. The summed E-state index contributed by atoms with van der Waals surface area (Å²) in [6.45, 7) is 0.612. The van der Waals surface area contributed by atoms with Gasteiger partial charge in [-0.25, -0.2) is 14.6 Å². The molecule has 0 saturated carbocycles. The highest BCUT2D eigenvalue weighted by atomic mass is 32.1. The maximum absolute atomic E-state index is 12.0. The van der Waals surface area contributed by atoms with Gasteiger partial charge in [-0.3, -0.25) is 0 Å². The third-order valence-electron chi connectivity index (χ3n) is 3.86. The Morgan fingerprint density at radius 1 is 1.07 bits per heavy atom. The molecule has 3 aromatic rings. The van der Waals surface area contributed by atoms with E-state index >= 15 is 0 Å². The van der Waals surface area contributed by atoms with Crippen LogP contribution in [0.1, 0.15) is 20.9 Å². The largest absolute Gasteiger partial charge is 0.496 e. The zero-order valence-corrected chi connectivity index (χ0v) is 15.8. The second kappa shape index (κ2) is 8.50. The van der Waals surface area contributed by atoms with E-state index < -0.39 is 5.97 Å². The summed E-state index contributed by atoms with van der Waals surface area (Å²) in [5.74, 6) is -0.0696. The summed E-state index contributed by atoms with van der Waals surface area (Å²) in [6.07, 6.45) is 0. The zero-order chi connectivity index (χ0) is 19.2. The molecule has 0 bridgehead atoms. The van der Waals surface area contributed by atoms with Gasteiger partial charge in [0.05, 0.1) is 31.0 Å². The topological polar surface area (TPSA) is 89.5 Å². The van der Waals surface area contributed by atoms with Gasteiger partial charge >= 0.3 is 12.0 Å². The number of carbonyl (C=O) groups is 2. The van der Waals surface area contributed by atoms with Gasteiger partial charge in [-0.1, -0.05) is 18.2 Å². The Morgan fingerprint density at radius 2 is 1.85 bits per heavy atom. The van der Waals surface area contributed by atoms with E-state index in [4.69, 9.17) is 9.47 Å². The first-order chi connectivity index (χ1) is 13.1. The molecule has 2 aromatic carbocycles. The number of thiazole rings is 1. The van der Waals surface area contributed by atoms with Crippen LogP contribution in [0.25, 0.3) is 10.2 Å². The van der Waals surface area contributed by atoms with Gasteiger partial charge in [0.2, 0.25) is 0 Å². The Morgan fingerprint density at radius 3 is 2.59 bits per heavy atom. The molecule has 0 radical (unpaired) electrons. The molecule has 0 saturated heterocycles. The standard InChI is InChI=1S/C19H19N3O4S/c1-25-15-8-7-12(9-13(15)18(23)26-2)10-20-19(24)21-11-17-22-14-5-3-4-6-16(14)27-17/h3-9H,10-11H2,1-2H3,(H2,20,21,24). The Hall–Kier alpha value is -3.13. The monoisotopic (exact) mass is 385 g/mol. The molecule has 0 atom stereocenters. The minimum Gasteiger partial charge on any atom is -0.496 e. The van der Waals surface area contributed by atoms with Crippen molar-refractivity contribution in [2.75, 3.05) is 14.2 Å². The van der Waals surface area contributed by atoms with E-state index in [-0.39, 0.29) is 12.6 Å². The van der Waals surface area contributed by atoms with Gasteiger partial charge in [-0.05, 0) is 29.8 Å². The molecule has 8 heteroatoms. The normalized spacial score (nSPS) is 10.4. The van der Waals surface area contributed by atoms with Gasteiger partial charge in [-0.2, -0.15) is 0 Å². The van der Waals surface area contributed by atoms with Crippen molar-refractivity contribution < 1.29 is 19.1 Å². The minimum atomic E-state index is -0.492. The van der Waals surface area contributed by atoms with Crippen molar-refractivity contribution in [3.63, 3.8) is 0 Å². The third kappa shape index (κ3) is 4.53. The number of para-hydroxylation sites is 1. The number of aromatic nitrogens is 1. The maximum Gasteiger partial charge on any atom is 0.341 e. The summed E-state index contributed by atoms with van der Waals surface area (Å²) in [5.41, 5.74) is 1.99. The number of hydrogen-bond acceptors (Lipinski definition) is 6. The van der Waals surface area contributed by atoms with Gasteiger partial charge in [0.15, 0.2) is 0 Å². The molecule has 0 aliphatic rings. The molecular weight excluding hydrogens is 366 g/mol. The predicted octanol–water partition coefficient (Wildman–Crippen LogP) is 3.09. The number of rotatable bonds is 6. The first-order valence-corrected chi connectivity index (χ1v) is 9.03. The molecule has 0 unspecified atom stereocenters. The third-order valence-corrected chi connectivity index (χ3v) is 4.90. The SMILES string of the molecule is COC(=O)c1cc(CNC(=O)NCc2nc3ccccc3s2)ccc1OC. The lowest BCUT2D eigenvalue weighted by molar-refractivity contribution is 0.0597. The van der Waals surface area contributed by atoms with Crippen molar-refractivity contribution in [2.24, 2.45) is 0 Å². The Kier molecular flexibility index (Phi) is 5.87. The molecular formula is C19H19N3O4S. The number of benzene rings is 2. The summed E-state index contributed by atoms with van der Waals surface area (Å²) in [4.78, 5) is 28.3. The summed E-state index contributed by atoms with van der Waals surface area (Å²) in [7, 11) is 2.79. The van der Waals surface area contributed by atoms with Crippen LogP contribution in [0.4, 0.5) is 4.79 Å². The first-order valence-electron chi connectivity index (χ1n) is 8.22. The van der Waals surface area contributed by atoms with Crippen LogP contribution in [-0.2, 0) is 17.8 Å². The van der Waals surface area contributed by atoms with Gasteiger partial charge < -0.3 is 20.1 Å². The number of fused-ring (bicyclic) bond motifs is 1. The number of nitrogens with zero attached hydrogens (tertiary/aromatic N) is 1. The number of amides is 2. The molecule has 7 nitrogen and oxygen atoms in total. The van der Waals surface area contributed by atoms with Gasteiger partial charge in [-0.15, -0.1) is 11.3 Å². The fourth-order valence-corrected chi connectivity index (χ4v) is 3.44. The van der Waals surface area contributed by atoms with E-state index in [9.17, 15) is 9.59 Å².